The fourth-order valence-electron chi connectivity index (χ4n) is 2.30. The molecule has 0 aliphatic carbocycles. The zero-order valence-electron chi connectivity index (χ0n) is 11.8. The maximum atomic E-state index is 6.19. The van der Waals surface area contributed by atoms with E-state index in [1.54, 1.807) is 6.20 Å². The minimum atomic E-state index is 0.0160. The number of hydrogen-bond acceptors (Lipinski definition) is 3. The fraction of sp³-hybridized carbons (Fsp3) is 0.667. The lowest BCUT2D eigenvalue weighted by molar-refractivity contribution is -0.162. The molecule has 0 bridgehead atoms. The molecule has 0 saturated carbocycles. The lowest BCUT2D eigenvalue weighted by Gasteiger charge is -2.22. The highest BCUT2D eigenvalue weighted by Gasteiger charge is 2.13. The molecule has 1 fully saturated rings. The Hall–Kier alpha value is -0.160. The predicted molar refractivity (Wildman–Crippen MR) is 84.2 cm³/mol. The van der Waals surface area contributed by atoms with Crippen LogP contribution in [0.4, 0.5) is 0 Å². The van der Waals surface area contributed by atoms with E-state index in [1.807, 2.05) is 6.92 Å². The molecule has 0 amide bonds. The first-order valence-corrected chi connectivity index (χ1v) is 8.38. The first kappa shape index (κ1) is 16.2. The number of aromatic nitrogens is 1. The van der Waals surface area contributed by atoms with Gasteiger partial charge in [0, 0.05) is 23.9 Å². The van der Waals surface area contributed by atoms with E-state index in [4.69, 9.17) is 21.1 Å². The monoisotopic (exact) mass is 361 g/mol. The van der Waals surface area contributed by atoms with Gasteiger partial charge in [0.2, 0.25) is 0 Å². The van der Waals surface area contributed by atoms with Crippen molar-refractivity contribution in [3.63, 3.8) is 0 Å². The molecule has 0 radical (unpaired) electrons. The number of nitrogens with zero attached hydrogens (tertiary/aromatic N) is 1. The highest BCUT2D eigenvalue weighted by Crippen LogP contribution is 2.28. The Morgan fingerprint density at radius 1 is 1.45 bits per heavy atom. The third-order valence-corrected chi connectivity index (χ3v) is 4.88. The third-order valence-electron chi connectivity index (χ3n) is 3.51. The van der Waals surface area contributed by atoms with E-state index in [2.05, 4.69) is 20.9 Å². The van der Waals surface area contributed by atoms with Crippen molar-refractivity contribution in [2.45, 2.75) is 51.7 Å². The molecule has 0 aromatic carbocycles. The molecule has 5 heteroatoms. The average molecular weight is 363 g/mol. The molecular weight excluding hydrogens is 342 g/mol. The number of unbranched alkanes of at least 4 members (excludes halogenated alkanes) is 1. The van der Waals surface area contributed by atoms with Gasteiger partial charge in [0.05, 0.1) is 10.7 Å². The van der Waals surface area contributed by atoms with Crippen LogP contribution in [0.15, 0.2) is 10.7 Å². The van der Waals surface area contributed by atoms with Gasteiger partial charge in [-0.15, -0.1) is 0 Å². The number of hydrogen-bond donors (Lipinski definition) is 0. The van der Waals surface area contributed by atoms with Crippen molar-refractivity contribution >= 4 is 27.5 Å². The Kier molecular flexibility index (Phi) is 6.75. The van der Waals surface area contributed by atoms with Crippen molar-refractivity contribution in [3.8, 4) is 0 Å². The lowest BCUT2D eigenvalue weighted by Crippen LogP contribution is -2.22. The van der Waals surface area contributed by atoms with Gasteiger partial charge in [-0.05, 0) is 66.9 Å². The topological polar surface area (TPSA) is 31.4 Å². The molecule has 2 rings (SSSR count). The van der Waals surface area contributed by atoms with Crippen LogP contribution < -0.4 is 0 Å². The summed E-state index contributed by atoms with van der Waals surface area (Å²) in [5, 5.41) is 0.735. The normalized spacial score (nSPS) is 19.2. The van der Waals surface area contributed by atoms with Crippen molar-refractivity contribution in [2.75, 3.05) is 13.2 Å². The second-order valence-electron chi connectivity index (χ2n) is 5.11. The van der Waals surface area contributed by atoms with Crippen molar-refractivity contribution < 1.29 is 9.47 Å². The molecule has 1 aromatic rings. The van der Waals surface area contributed by atoms with E-state index < -0.39 is 0 Å². The highest BCUT2D eigenvalue weighted by atomic mass is 79.9. The molecule has 1 aliphatic heterocycles. The Morgan fingerprint density at radius 2 is 2.30 bits per heavy atom. The molecule has 0 unspecified atom stereocenters. The lowest BCUT2D eigenvalue weighted by atomic mass is 10.1. The Balaban J connectivity index is 1.69. The largest absolute Gasteiger partial charge is 0.353 e. The molecular formula is C15H21BrClNO2. The summed E-state index contributed by atoms with van der Waals surface area (Å²) >= 11 is 9.76. The van der Waals surface area contributed by atoms with Crippen LogP contribution in [0.2, 0.25) is 5.02 Å². The van der Waals surface area contributed by atoms with Crippen LogP contribution in [-0.4, -0.2) is 24.5 Å². The summed E-state index contributed by atoms with van der Waals surface area (Å²) in [4.78, 5) is 4.22. The molecule has 2 heterocycles. The van der Waals surface area contributed by atoms with Crippen LogP contribution in [0.3, 0.4) is 0 Å². The van der Waals surface area contributed by atoms with Gasteiger partial charge in [0.15, 0.2) is 6.29 Å². The van der Waals surface area contributed by atoms with Gasteiger partial charge in [-0.1, -0.05) is 11.6 Å². The van der Waals surface area contributed by atoms with E-state index in [0.29, 0.717) is 0 Å². The van der Waals surface area contributed by atoms with Gasteiger partial charge in [-0.3, -0.25) is 4.98 Å². The summed E-state index contributed by atoms with van der Waals surface area (Å²) in [6.07, 6.45) is 8.15. The summed E-state index contributed by atoms with van der Waals surface area (Å²) in [7, 11) is 0. The van der Waals surface area contributed by atoms with E-state index in [0.717, 1.165) is 66.1 Å². The average Bonchev–Trinajstić information content (AvgIpc) is 2.47. The highest BCUT2D eigenvalue weighted by molar-refractivity contribution is 9.10. The Labute approximate surface area is 134 Å². The number of aryl methyl sites for hydroxylation is 1. The molecule has 3 nitrogen and oxygen atoms in total. The minimum Gasteiger partial charge on any atom is -0.353 e. The Bertz CT molecular complexity index is 436. The summed E-state index contributed by atoms with van der Waals surface area (Å²) in [5.74, 6) is 0. The standard InChI is InChI=1S/C15H21BrClNO2/c1-11-15(16)12(13(17)10-18-11)6-2-4-8-19-14-7-3-5-9-20-14/h10,14H,2-9H2,1H3/t14-/m1/s1. The van der Waals surface area contributed by atoms with E-state index >= 15 is 0 Å². The molecule has 1 aromatic heterocycles. The second-order valence-corrected chi connectivity index (χ2v) is 6.31. The zero-order chi connectivity index (χ0) is 14.4. The van der Waals surface area contributed by atoms with E-state index in [-0.39, 0.29) is 6.29 Å². The van der Waals surface area contributed by atoms with Crippen molar-refractivity contribution in [3.05, 3.63) is 26.9 Å². The van der Waals surface area contributed by atoms with Crippen LogP contribution in [0.25, 0.3) is 0 Å². The molecule has 112 valence electrons. The minimum absolute atomic E-state index is 0.0160. The third kappa shape index (κ3) is 4.69. The molecule has 1 aliphatic rings. The number of ether oxygens (including phenoxy) is 2. The van der Waals surface area contributed by atoms with Crippen LogP contribution in [0, 0.1) is 6.92 Å². The van der Waals surface area contributed by atoms with Crippen molar-refractivity contribution in [1.29, 1.82) is 0 Å². The van der Waals surface area contributed by atoms with Crippen molar-refractivity contribution in [2.24, 2.45) is 0 Å². The second kappa shape index (κ2) is 8.32. The maximum Gasteiger partial charge on any atom is 0.157 e. The first-order chi connectivity index (χ1) is 9.68. The molecule has 1 atom stereocenters. The van der Waals surface area contributed by atoms with Gasteiger partial charge in [-0.25, -0.2) is 0 Å². The molecule has 1 saturated heterocycles. The van der Waals surface area contributed by atoms with Gasteiger partial charge in [0.25, 0.3) is 0 Å². The first-order valence-electron chi connectivity index (χ1n) is 7.21. The van der Waals surface area contributed by atoms with Crippen LogP contribution in [0.5, 0.6) is 0 Å². The number of pyridine rings is 1. The van der Waals surface area contributed by atoms with Crippen LogP contribution in [0.1, 0.15) is 43.4 Å². The van der Waals surface area contributed by atoms with E-state index in [9.17, 15) is 0 Å². The van der Waals surface area contributed by atoms with Gasteiger partial charge >= 0.3 is 0 Å². The maximum absolute atomic E-state index is 6.19. The summed E-state index contributed by atoms with van der Waals surface area (Å²) in [6, 6.07) is 0. The zero-order valence-corrected chi connectivity index (χ0v) is 14.2. The summed E-state index contributed by atoms with van der Waals surface area (Å²) in [5.41, 5.74) is 2.13. The summed E-state index contributed by atoms with van der Waals surface area (Å²) < 4.78 is 12.3. The summed E-state index contributed by atoms with van der Waals surface area (Å²) in [6.45, 7) is 3.57. The molecule has 0 N–H and O–H groups in total. The number of halogens is 2. The van der Waals surface area contributed by atoms with Crippen molar-refractivity contribution in [1.82, 2.24) is 4.98 Å². The van der Waals surface area contributed by atoms with Crippen LogP contribution in [-0.2, 0) is 15.9 Å². The van der Waals surface area contributed by atoms with Gasteiger partial charge in [-0.2, -0.15) is 0 Å². The van der Waals surface area contributed by atoms with Gasteiger partial charge in [0.1, 0.15) is 0 Å². The fourth-order valence-corrected chi connectivity index (χ4v) is 3.17. The van der Waals surface area contributed by atoms with Crippen LogP contribution >= 0.6 is 27.5 Å². The molecule has 0 spiro atoms. The molecule has 20 heavy (non-hydrogen) atoms. The van der Waals surface area contributed by atoms with Gasteiger partial charge < -0.3 is 9.47 Å². The smallest absolute Gasteiger partial charge is 0.157 e. The van der Waals surface area contributed by atoms with E-state index in [1.165, 1.54) is 6.42 Å². The number of rotatable bonds is 6. The SMILES string of the molecule is Cc1ncc(Cl)c(CCCCO[C@H]2CCCCO2)c1Br. The Morgan fingerprint density at radius 3 is 3.05 bits per heavy atom. The predicted octanol–water partition coefficient (Wildman–Crippen LogP) is 4.67. The quantitative estimate of drug-likeness (QED) is 0.689.